The number of benzene rings is 1. The molecule has 0 bridgehead atoms. The third kappa shape index (κ3) is 3.99. The van der Waals surface area contributed by atoms with Gasteiger partial charge in [0.2, 0.25) is 5.82 Å². The Labute approximate surface area is 151 Å². The summed E-state index contributed by atoms with van der Waals surface area (Å²) >= 11 is 1.63. The van der Waals surface area contributed by atoms with E-state index in [2.05, 4.69) is 41.6 Å². The highest BCUT2D eigenvalue weighted by molar-refractivity contribution is 7.09. The van der Waals surface area contributed by atoms with Crippen molar-refractivity contribution in [3.63, 3.8) is 0 Å². The molecule has 1 N–H and O–H groups in total. The lowest BCUT2D eigenvalue weighted by Gasteiger charge is -2.14. The number of nitrogens with zero attached hydrogens (tertiary/aromatic N) is 3. The van der Waals surface area contributed by atoms with Crippen LogP contribution in [-0.2, 0) is 5.41 Å². The van der Waals surface area contributed by atoms with Crippen molar-refractivity contribution in [2.24, 2.45) is 0 Å². The Morgan fingerprint density at radius 1 is 1.24 bits per heavy atom. The number of hydrogen-bond acceptors (Lipinski definition) is 7. The summed E-state index contributed by atoms with van der Waals surface area (Å²) < 4.78 is 10.5. The first-order valence-corrected chi connectivity index (χ1v) is 8.95. The van der Waals surface area contributed by atoms with Gasteiger partial charge in [0, 0.05) is 16.4 Å². The topological polar surface area (TPSA) is 73.1 Å². The molecule has 0 saturated carbocycles. The van der Waals surface area contributed by atoms with Crippen LogP contribution in [0.1, 0.15) is 44.4 Å². The van der Waals surface area contributed by atoms with Crippen molar-refractivity contribution in [2.45, 2.75) is 39.2 Å². The van der Waals surface area contributed by atoms with Crippen molar-refractivity contribution in [3.05, 3.63) is 40.3 Å². The van der Waals surface area contributed by atoms with Gasteiger partial charge < -0.3 is 14.6 Å². The van der Waals surface area contributed by atoms with Gasteiger partial charge in [-0.1, -0.05) is 38.1 Å². The Balaban J connectivity index is 1.73. The van der Waals surface area contributed by atoms with Gasteiger partial charge in [0.15, 0.2) is 0 Å². The first-order chi connectivity index (χ1) is 11.9. The molecule has 3 aromatic rings. The van der Waals surface area contributed by atoms with Gasteiger partial charge in [-0.15, -0.1) is 11.3 Å². The largest absolute Gasteiger partial charge is 0.497 e. The van der Waals surface area contributed by atoms with Crippen LogP contribution in [0.15, 0.2) is 34.2 Å². The van der Waals surface area contributed by atoms with Crippen LogP contribution in [-0.4, -0.2) is 22.2 Å². The minimum atomic E-state index is -0.0142. The van der Waals surface area contributed by atoms with Crippen molar-refractivity contribution in [2.75, 3.05) is 12.4 Å². The molecule has 3 rings (SSSR count). The monoisotopic (exact) mass is 358 g/mol. The summed E-state index contributed by atoms with van der Waals surface area (Å²) in [5.41, 5.74) is 1.97. The van der Waals surface area contributed by atoms with E-state index >= 15 is 0 Å². The van der Waals surface area contributed by atoms with Gasteiger partial charge in [0.05, 0.1) is 18.8 Å². The molecule has 0 aliphatic rings. The van der Waals surface area contributed by atoms with Crippen LogP contribution in [0, 0.1) is 0 Å². The van der Waals surface area contributed by atoms with Crippen molar-refractivity contribution < 1.29 is 9.26 Å². The summed E-state index contributed by atoms with van der Waals surface area (Å²) in [5.74, 6) is 1.27. The van der Waals surface area contributed by atoms with E-state index in [1.807, 2.05) is 31.2 Å². The second-order valence-corrected chi connectivity index (χ2v) is 7.73. The van der Waals surface area contributed by atoms with E-state index < -0.39 is 0 Å². The quantitative estimate of drug-likeness (QED) is 0.714. The molecule has 1 unspecified atom stereocenters. The zero-order valence-electron chi connectivity index (χ0n) is 15.0. The van der Waals surface area contributed by atoms with E-state index in [9.17, 15) is 0 Å². The second-order valence-electron chi connectivity index (χ2n) is 6.84. The second kappa shape index (κ2) is 6.84. The number of ether oxygens (including phenoxy) is 1. The zero-order valence-corrected chi connectivity index (χ0v) is 15.8. The average molecular weight is 358 g/mol. The summed E-state index contributed by atoms with van der Waals surface area (Å²) in [6, 6.07) is 7.91. The minimum absolute atomic E-state index is 0.0142. The smallest absolute Gasteiger partial charge is 0.322 e. The highest BCUT2D eigenvalue weighted by Crippen LogP contribution is 2.29. The summed E-state index contributed by atoms with van der Waals surface area (Å²) in [4.78, 5) is 9.12. The van der Waals surface area contributed by atoms with Gasteiger partial charge in [-0.2, -0.15) is 4.98 Å². The maximum absolute atomic E-state index is 5.32. The lowest BCUT2D eigenvalue weighted by Crippen LogP contribution is -2.13. The summed E-state index contributed by atoms with van der Waals surface area (Å²) in [5, 5.41) is 10.3. The average Bonchev–Trinajstić information content (AvgIpc) is 3.24. The van der Waals surface area contributed by atoms with Crippen LogP contribution in [0.4, 0.5) is 6.01 Å². The van der Waals surface area contributed by atoms with E-state index in [4.69, 9.17) is 14.2 Å². The fraction of sp³-hybridized carbons (Fsp3) is 0.389. The van der Waals surface area contributed by atoms with E-state index in [0.29, 0.717) is 11.8 Å². The molecule has 6 nitrogen and oxygen atoms in total. The summed E-state index contributed by atoms with van der Waals surface area (Å²) in [6.07, 6.45) is 0. The normalized spacial score (nSPS) is 12.8. The molecule has 0 aliphatic heterocycles. The fourth-order valence-electron chi connectivity index (χ4n) is 2.24. The number of methoxy groups -OCH3 is 1. The molecule has 25 heavy (non-hydrogen) atoms. The zero-order chi connectivity index (χ0) is 18.0. The standard InChI is InChI=1S/C18H22N4O2S/c1-11(16-20-14(10-25-16)18(2,3)4)19-17-21-15(22-24-17)12-7-6-8-13(9-12)23-5/h6-11H,1-5H3,(H,19,21,22). The van der Waals surface area contributed by atoms with Crippen molar-refractivity contribution in [1.29, 1.82) is 0 Å². The van der Waals surface area contributed by atoms with E-state index in [1.54, 1.807) is 18.4 Å². The van der Waals surface area contributed by atoms with Crippen molar-refractivity contribution in [3.8, 4) is 17.1 Å². The van der Waals surface area contributed by atoms with Crippen LogP contribution in [0.3, 0.4) is 0 Å². The Morgan fingerprint density at radius 3 is 2.72 bits per heavy atom. The van der Waals surface area contributed by atoms with E-state index in [0.717, 1.165) is 22.0 Å². The van der Waals surface area contributed by atoms with Gasteiger partial charge >= 0.3 is 6.01 Å². The molecule has 2 aromatic heterocycles. The lowest BCUT2D eigenvalue weighted by molar-refractivity contribution is 0.414. The third-order valence-electron chi connectivity index (χ3n) is 3.75. The molecular formula is C18H22N4O2S. The minimum Gasteiger partial charge on any atom is -0.497 e. The molecule has 0 amide bonds. The Kier molecular flexibility index (Phi) is 4.76. The first-order valence-electron chi connectivity index (χ1n) is 8.07. The Morgan fingerprint density at radius 2 is 2.04 bits per heavy atom. The number of anilines is 1. The van der Waals surface area contributed by atoms with E-state index in [-0.39, 0.29) is 11.5 Å². The van der Waals surface area contributed by atoms with Crippen molar-refractivity contribution in [1.82, 2.24) is 15.1 Å². The molecule has 0 radical (unpaired) electrons. The number of aromatic nitrogens is 3. The molecular weight excluding hydrogens is 336 g/mol. The first kappa shape index (κ1) is 17.4. The maximum atomic E-state index is 5.32. The van der Waals surface area contributed by atoms with Gasteiger partial charge in [-0.25, -0.2) is 4.98 Å². The third-order valence-corrected chi connectivity index (χ3v) is 4.78. The van der Waals surface area contributed by atoms with Crippen LogP contribution in [0.25, 0.3) is 11.4 Å². The molecule has 132 valence electrons. The summed E-state index contributed by atoms with van der Waals surface area (Å²) in [7, 11) is 1.63. The predicted octanol–water partition coefficient (Wildman–Crippen LogP) is 4.67. The van der Waals surface area contributed by atoms with Gasteiger partial charge in [-0.3, -0.25) is 0 Å². The SMILES string of the molecule is COc1cccc(-c2noc(NC(C)c3nc(C(C)(C)C)cs3)n2)c1. The molecule has 2 heterocycles. The van der Waals surface area contributed by atoms with Gasteiger partial charge in [0.25, 0.3) is 0 Å². The number of hydrogen-bond donors (Lipinski definition) is 1. The van der Waals surface area contributed by atoms with Crippen LogP contribution in [0.5, 0.6) is 5.75 Å². The number of nitrogens with one attached hydrogen (secondary N) is 1. The van der Waals surface area contributed by atoms with Crippen LogP contribution >= 0.6 is 11.3 Å². The molecule has 0 saturated heterocycles. The highest BCUT2D eigenvalue weighted by atomic mass is 32.1. The molecule has 1 aromatic carbocycles. The van der Waals surface area contributed by atoms with Crippen LogP contribution in [0.2, 0.25) is 0 Å². The van der Waals surface area contributed by atoms with Gasteiger partial charge in [-0.05, 0) is 19.1 Å². The van der Waals surface area contributed by atoms with Crippen molar-refractivity contribution >= 4 is 17.4 Å². The Bertz CT molecular complexity index is 851. The highest BCUT2D eigenvalue weighted by Gasteiger charge is 2.20. The number of rotatable bonds is 5. The Hall–Kier alpha value is -2.41. The maximum Gasteiger partial charge on any atom is 0.322 e. The predicted molar refractivity (Wildman–Crippen MR) is 99.1 cm³/mol. The van der Waals surface area contributed by atoms with Gasteiger partial charge in [0.1, 0.15) is 10.8 Å². The molecule has 0 fully saturated rings. The molecule has 7 heteroatoms. The fourth-order valence-corrected chi connectivity index (χ4v) is 3.29. The van der Waals surface area contributed by atoms with E-state index in [1.165, 1.54) is 0 Å². The number of thiazole rings is 1. The lowest BCUT2D eigenvalue weighted by atomic mass is 9.93. The summed E-state index contributed by atoms with van der Waals surface area (Å²) in [6.45, 7) is 8.49. The molecule has 1 atom stereocenters. The molecule has 0 spiro atoms. The molecule has 0 aliphatic carbocycles. The van der Waals surface area contributed by atoms with Crippen LogP contribution < -0.4 is 10.1 Å².